The Hall–Kier alpha value is -1.86. The zero-order chi connectivity index (χ0) is 11.5. The Morgan fingerprint density at radius 1 is 1.44 bits per heavy atom. The second-order valence-electron chi connectivity index (χ2n) is 3.60. The van der Waals surface area contributed by atoms with Crippen LogP contribution in [-0.4, -0.2) is 13.2 Å². The lowest BCUT2D eigenvalue weighted by Gasteiger charge is -2.15. The van der Waals surface area contributed by atoms with Crippen LogP contribution < -0.4 is 5.73 Å². The number of ether oxygens (including phenoxy) is 1. The van der Waals surface area contributed by atoms with Gasteiger partial charge in [-0.2, -0.15) is 5.26 Å². The van der Waals surface area contributed by atoms with Crippen molar-refractivity contribution < 1.29 is 9.13 Å². The maximum Gasteiger partial charge on any atom is 0.147 e. The number of halogens is 1. The van der Waals surface area contributed by atoms with Crippen LogP contribution in [0.25, 0.3) is 5.57 Å². The molecule has 0 saturated heterocycles. The van der Waals surface area contributed by atoms with E-state index in [1.807, 2.05) is 12.1 Å². The molecule has 1 aromatic rings. The monoisotopic (exact) mass is 218 g/mol. The van der Waals surface area contributed by atoms with Crippen LogP contribution in [0.3, 0.4) is 0 Å². The number of nitriles is 1. The van der Waals surface area contributed by atoms with E-state index < -0.39 is 5.82 Å². The molecular weight excluding hydrogens is 207 g/mol. The van der Waals surface area contributed by atoms with Gasteiger partial charge >= 0.3 is 0 Å². The van der Waals surface area contributed by atoms with Crippen LogP contribution in [0.5, 0.6) is 0 Å². The number of nitrogen functional groups attached to an aromatic ring is 1. The van der Waals surface area contributed by atoms with Crippen molar-refractivity contribution in [3.63, 3.8) is 0 Å². The van der Waals surface area contributed by atoms with Crippen molar-refractivity contribution in [1.82, 2.24) is 0 Å². The third-order valence-electron chi connectivity index (χ3n) is 2.51. The van der Waals surface area contributed by atoms with E-state index >= 15 is 0 Å². The van der Waals surface area contributed by atoms with Crippen molar-refractivity contribution in [1.29, 1.82) is 5.26 Å². The number of anilines is 1. The SMILES string of the molecule is N#Cc1cc(F)c(N)cc1C1=CCCOC1. The number of rotatable bonds is 1. The molecule has 0 amide bonds. The maximum absolute atomic E-state index is 13.2. The molecule has 1 heterocycles. The molecule has 1 aromatic carbocycles. The minimum Gasteiger partial charge on any atom is -0.396 e. The molecule has 2 N–H and O–H groups in total. The lowest BCUT2D eigenvalue weighted by molar-refractivity contribution is 0.164. The summed E-state index contributed by atoms with van der Waals surface area (Å²) >= 11 is 0. The van der Waals surface area contributed by atoms with Crippen LogP contribution in [-0.2, 0) is 4.74 Å². The molecule has 0 bridgehead atoms. The van der Waals surface area contributed by atoms with E-state index in [1.165, 1.54) is 12.1 Å². The first-order chi connectivity index (χ1) is 7.72. The molecule has 2 rings (SSSR count). The molecule has 0 fully saturated rings. The molecule has 82 valence electrons. The van der Waals surface area contributed by atoms with Crippen molar-refractivity contribution in [2.45, 2.75) is 6.42 Å². The minimum absolute atomic E-state index is 0.0560. The summed E-state index contributed by atoms with van der Waals surface area (Å²) in [4.78, 5) is 0. The Morgan fingerprint density at radius 3 is 2.88 bits per heavy atom. The van der Waals surface area contributed by atoms with Gasteiger partial charge in [0.25, 0.3) is 0 Å². The molecule has 0 aliphatic carbocycles. The highest BCUT2D eigenvalue weighted by molar-refractivity contribution is 5.74. The topological polar surface area (TPSA) is 59.0 Å². The third-order valence-corrected chi connectivity index (χ3v) is 2.51. The number of nitrogens with zero attached hydrogens (tertiary/aromatic N) is 1. The summed E-state index contributed by atoms with van der Waals surface area (Å²) in [6.07, 6.45) is 2.80. The Labute approximate surface area is 92.9 Å². The molecule has 1 aliphatic heterocycles. The lowest BCUT2D eigenvalue weighted by Crippen LogP contribution is -2.07. The molecule has 0 aromatic heterocycles. The normalized spacial score (nSPS) is 15.4. The van der Waals surface area contributed by atoms with Crippen LogP contribution in [0.1, 0.15) is 17.5 Å². The van der Waals surface area contributed by atoms with Crippen molar-refractivity contribution in [3.05, 3.63) is 35.2 Å². The minimum atomic E-state index is -0.558. The molecule has 3 nitrogen and oxygen atoms in total. The summed E-state index contributed by atoms with van der Waals surface area (Å²) in [6.45, 7) is 1.13. The summed E-state index contributed by atoms with van der Waals surface area (Å²) in [7, 11) is 0. The summed E-state index contributed by atoms with van der Waals surface area (Å²) < 4.78 is 18.5. The van der Waals surface area contributed by atoms with Crippen molar-refractivity contribution in [3.8, 4) is 6.07 Å². The smallest absolute Gasteiger partial charge is 0.147 e. The van der Waals surface area contributed by atoms with E-state index in [9.17, 15) is 4.39 Å². The fraction of sp³-hybridized carbons (Fsp3) is 0.250. The lowest BCUT2D eigenvalue weighted by atomic mass is 9.98. The van der Waals surface area contributed by atoms with Gasteiger partial charge in [0.1, 0.15) is 5.82 Å². The fourth-order valence-corrected chi connectivity index (χ4v) is 1.69. The van der Waals surface area contributed by atoms with Gasteiger partial charge in [-0.1, -0.05) is 6.08 Å². The highest BCUT2D eigenvalue weighted by Gasteiger charge is 2.13. The molecule has 1 aliphatic rings. The van der Waals surface area contributed by atoms with E-state index in [-0.39, 0.29) is 5.69 Å². The van der Waals surface area contributed by atoms with E-state index in [1.54, 1.807) is 0 Å². The summed E-state index contributed by atoms with van der Waals surface area (Å²) in [5.74, 6) is -0.558. The average molecular weight is 218 g/mol. The first-order valence-corrected chi connectivity index (χ1v) is 4.98. The summed E-state index contributed by atoms with van der Waals surface area (Å²) in [5.41, 5.74) is 7.41. The van der Waals surface area contributed by atoms with Gasteiger partial charge in [-0.05, 0) is 29.7 Å². The van der Waals surface area contributed by atoms with E-state index in [2.05, 4.69) is 0 Å². The molecular formula is C12H11FN2O. The second-order valence-corrected chi connectivity index (χ2v) is 3.60. The molecule has 16 heavy (non-hydrogen) atoms. The summed E-state index contributed by atoms with van der Waals surface area (Å²) in [6, 6.07) is 4.63. The molecule has 0 atom stereocenters. The van der Waals surface area contributed by atoms with Gasteiger partial charge in [0.2, 0.25) is 0 Å². The molecule has 0 unspecified atom stereocenters. The number of hydrogen-bond donors (Lipinski definition) is 1. The zero-order valence-corrected chi connectivity index (χ0v) is 8.66. The summed E-state index contributed by atoms with van der Waals surface area (Å²) in [5, 5.41) is 8.94. The number of nitrogens with two attached hydrogens (primary N) is 1. The van der Waals surface area contributed by atoms with Crippen LogP contribution in [0.4, 0.5) is 10.1 Å². The zero-order valence-electron chi connectivity index (χ0n) is 8.66. The predicted octanol–water partition coefficient (Wildman–Crippen LogP) is 2.08. The van der Waals surface area contributed by atoms with Gasteiger partial charge in [-0.15, -0.1) is 0 Å². The maximum atomic E-state index is 13.2. The molecule has 0 radical (unpaired) electrons. The largest absolute Gasteiger partial charge is 0.396 e. The molecule has 4 heteroatoms. The Balaban J connectivity index is 2.51. The van der Waals surface area contributed by atoms with E-state index in [0.717, 1.165) is 12.0 Å². The predicted molar refractivity (Wildman–Crippen MR) is 58.9 cm³/mol. The van der Waals surface area contributed by atoms with Crippen molar-refractivity contribution >= 4 is 11.3 Å². The van der Waals surface area contributed by atoms with E-state index in [4.69, 9.17) is 15.7 Å². The number of benzene rings is 1. The molecule has 0 spiro atoms. The second kappa shape index (κ2) is 4.33. The highest BCUT2D eigenvalue weighted by atomic mass is 19.1. The standard InChI is InChI=1S/C12H11FN2O/c13-11-4-9(6-14)10(5-12(11)15)8-2-1-3-16-7-8/h2,4-5H,1,3,7,15H2. The van der Waals surface area contributed by atoms with Gasteiger partial charge < -0.3 is 10.5 Å². The van der Waals surface area contributed by atoms with Crippen LogP contribution >= 0.6 is 0 Å². The van der Waals surface area contributed by atoms with Gasteiger partial charge in [0.05, 0.1) is 30.5 Å². The van der Waals surface area contributed by atoms with Crippen LogP contribution in [0.15, 0.2) is 18.2 Å². The average Bonchev–Trinajstić information content (AvgIpc) is 2.33. The Kier molecular flexibility index (Phi) is 2.88. The van der Waals surface area contributed by atoms with Crippen molar-refractivity contribution in [2.24, 2.45) is 0 Å². The van der Waals surface area contributed by atoms with E-state index in [0.29, 0.717) is 24.3 Å². The van der Waals surface area contributed by atoms with Gasteiger partial charge in [-0.25, -0.2) is 4.39 Å². The first-order valence-electron chi connectivity index (χ1n) is 4.98. The van der Waals surface area contributed by atoms with Crippen LogP contribution in [0, 0.1) is 17.1 Å². The van der Waals surface area contributed by atoms with Crippen LogP contribution in [0.2, 0.25) is 0 Å². The quantitative estimate of drug-likeness (QED) is 0.734. The molecule has 0 saturated carbocycles. The fourth-order valence-electron chi connectivity index (χ4n) is 1.69. The first kappa shape index (κ1) is 10.7. The highest BCUT2D eigenvalue weighted by Crippen LogP contribution is 2.26. The van der Waals surface area contributed by atoms with Crippen molar-refractivity contribution in [2.75, 3.05) is 18.9 Å². The Morgan fingerprint density at radius 2 is 2.25 bits per heavy atom. The van der Waals surface area contributed by atoms with Gasteiger partial charge in [-0.3, -0.25) is 0 Å². The van der Waals surface area contributed by atoms with Gasteiger partial charge in [0.15, 0.2) is 0 Å². The Bertz CT molecular complexity index is 489. The third kappa shape index (κ3) is 1.90. The number of hydrogen-bond acceptors (Lipinski definition) is 3. The van der Waals surface area contributed by atoms with Gasteiger partial charge in [0, 0.05) is 0 Å².